The first-order valence-electron chi connectivity index (χ1n) is 5.43. The van der Waals surface area contributed by atoms with E-state index < -0.39 is 3.00 Å². The lowest BCUT2D eigenvalue weighted by molar-refractivity contribution is 0.516. The number of thioether (sulfide) groups is 2. The fourth-order valence-corrected chi connectivity index (χ4v) is 5.83. The highest BCUT2D eigenvalue weighted by molar-refractivity contribution is 9.09. The van der Waals surface area contributed by atoms with Crippen molar-refractivity contribution in [3.8, 4) is 0 Å². The van der Waals surface area contributed by atoms with Crippen molar-refractivity contribution in [2.75, 3.05) is 11.1 Å². The Kier molecular flexibility index (Phi) is 8.32. The minimum Gasteiger partial charge on any atom is -0.121 e. The van der Waals surface area contributed by atoms with Gasteiger partial charge in [-0.05, 0) is 12.8 Å². The number of hydrogen-bond acceptors (Lipinski definition) is 2. The highest BCUT2D eigenvalue weighted by atomic mass is 79.9. The maximum atomic E-state index is 6.29. The molecule has 0 saturated heterocycles. The lowest BCUT2D eigenvalue weighted by atomic mass is 10.0. The van der Waals surface area contributed by atoms with Crippen LogP contribution >= 0.6 is 74.3 Å². The summed E-state index contributed by atoms with van der Waals surface area (Å²) in [6.07, 6.45) is 6.47. The molecule has 1 aliphatic rings. The van der Waals surface area contributed by atoms with E-state index in [9.17, 15) is 0 Å². The Bertz CT molecular complexity index is 199. The van der Waals surface area contributed by atoms with E-state index in [0.29, 0.717) is 5.25 Å². The monoisotopic (exact) mass is 384 g/mol. The maximum Gasteiger partial charge on any atom is 0.209 e. The highest BCUT2D eigenvalue weighted by Crippen LogP contribution is 2.50. The third-order valence-corrected chi connectivity index (χ3v) is 7.92. The van der Waals surface area contributed by atoms with Gasteiger partial charge in [-0.2, -0.15) is 0 Å². The van der Waals surface area contributed by atoms with Crippen LogP contribution in [0.2, 0.25) is 0 Å². The van der Waals surface area contributed by atoms with Crippen molar-refractivity contribution >= 4 is 74.3 Å². The van der Waals surface area contributed by atoms with Gasteiger partial charge >= 0.3 is 0 Å². The van der Waals surface area contributed by atoms with Crippen LogP contribution in [0.5, 0.6) is 0 Å². The predicted octanol–water partition coefficient (Wildman–Crippen LogP) is 5.88. The highest BCUT2D eigenvalue weighted by Gasteiger charge is 2.31. The van der Waals surface area contributed by atoms with E-state index >= 15 is 0 Å². The normalized spacial score (nSPS) is 21.0. The summed E-state index contributed by atoms with van der Waals surface area (Å²) in [6.45, 7) is 0. The Hall–Kier alpha value is 2.05. The van der Waals surface area contributed by atoms with Crippen LogP contribution in [0.4, 0.5) is 0 Å². The van der Waals surface area contributed by atoms with Crippen molar-refractivity contribution < 1.29 is 0 Å². The van der Waals surface area contributed by atoms with Crippen LogP contribution in [0.3, 0.4) is 0 Å². The molecule has 1 saturated carbocycles. The summed E-state index contributed by atoms with van der Waals surface area (Å²) < 4.78 is -0.739. The molecular formula is C10H16BrCl3S2. The molecule has 0 amide bonds. The van der Waals surface area contributed by atoms with E-state index in [0.717, 1.165) is 11.1 Å². The Morgan fingerprint density at radius 1 is 1.25 bits per heavy atom. The second kappa shape index (κ2) is 8.27. The molecule has 1 rings (SSSR count). The van der Waals surface area contributed by atoms with Crippen molar-refractivity contribution in [1.29, 1.82) is 0 Å². The van der Waals surface area contributed by atoms with Crippen molar-refractivity contribution in [2.45, 2.75) is 45.7 Å². The molecule has 96 valence electrons. The predicted molar refractivity (Wildman–Crippen MR) is 84.8 cm³/mol. The number of alkyl halides is 4. The molecular weight excluding hydrogens is 371 g/mol. The molecule has 16 heavy (non-hydrogen) atoms. The van der Waals surface area contributed by atoms with Gasteiger partial charge in [0, 0.05) is 16.3 Å². The minimum absolute atomic E-state index is 0.0915. The fourth-order valence-electron chi connectivity index (χ4n) is 1.64. The standard InChI is InChI=1S/C10H16BrCl3S2/c11-6-8(12)7-15-10(13,14)16-9-4-2-1-3-5-9/h8-9H,1-7H2. The average molecular weight is 387 g/mol. The van der Waals surface area contributed by atoms with Gasteiger partial charge in [0.15, 0.2) is 0 Å². The van der Waals surface area contributed by atoms with Gasteiger partial charge in [-0.3, -0.25) is 0 Å². The molecule has 1 aliphatic carbocycles. The van der Waals surface area contributed by atoms with Gasteiger partial charge in [0.1, 0.15) is 0 Å². The minimum atomic E-state index is -0.739. The van der Waals surface area contributed by atoms with Gasteiger partial charge in [0.05, 0.1) is 5.38 Å². The Balaban J connectivity index is 2.26. The summed E-state index contributed by atoms with van der Waals surface area (Å²) in [5, 5.41) is 1.49. The number of rotatable bonds is 6. The van der Waals surface area contributed by atoms with E-state index in [1.807, 2.05) is 0 Å². The molecule has 0 aromatic heterocycles. The van der Waals surface area contributed by atoms with Crippen LogP contribution in [0.1, 0.15) is 32.1 Å². The molecule has 1 atom stereocenters. The zero-order valence-electron chi connectivity index (χ0n) is 8.93. The van der Waals surface area contributed by atoms with E-state index in [-0.39, 0.29) is 5.38 Å². The molecule has 0 nitrogen and oxygen atoms in total. The molecule has 0 aliphatic heterocycles. The molecule has 0 aromatic rings. The van der Waals surface area contributed by atoms with Crippen LogP contribution in [0, 0.1) is 0 Å². The SMILES string of the molecule is ClC(CBr)CSC(Cl)(Cl)SC1CCCCC1. The third-order valence-electron chi connectivity index (χ3n) is 2.46. The lowest BCUT2D eigenvalue weighted by Crippen LogP contribution is -2.16. The van der Waals surface area contributed by atoms with Crippen molar-refractivity contribution in [2.24, 2.45) is 0 Å². The van der Waals surface area contributed by atoms with Crippen LogP contribution in [-0.2, 0) is 0 Å². The Morgan fingerprint density at radius 2 is 1.88 bits per heavy atom. The summed E-state index contributed by atoms with van der Waals surface area (Å²) in [6, 6.07) is 0. The Morgan fingerprint density at radius 3 is 2.44 bits per heavy atom. The Labute approximate surface area is 130 Å². The van der Waals surface area contributed by atoms with Gasteiger partial charge in [-0.1, -0.05) is 58.4 Å². The third kappa shape index (κ3) is 6.84. The van der Waals surface area contributed by atoms with E-state index in [2.05, 4.69) is 15.9 Å². The second-order valence-electron chi connectivity index (χ2n) is 3.90. The molecule has 0 radical (unpaired) electrons. The molecule has 0 bridgehead atoms. The van der Waals surface area contributed by atoms with Gasteiger partial charge < -0.3 is 0 Å². The number of halogens is 4. The summed E-state index contributed by atoms with van der Waals surface area (Å²) in [5.41, 5.74) is 0. The fraction of sp³-hybridized carbons (Fsp3) is 1.00. The van der Waals surface area contributed by atoms with Crippen molar-refractivity contribution in [3.63, 3.8) is 0 Å². The topological polar surface area (TPSA) is 0 Å². The van der Waals surface area contributed by atoms with Crippen molar-refractivity contribution in [3.05, 3.63) is 0 Å². The lowest BCUT2D eigenvalue weighted by Gasteiger charge is -2.27. The molecule has 1 fully saturated rings. The molecule has 0 spiro atoms. The van der Waals surface area contributed by atoms with E-state index in [1.165, 1.54) is 43.9 Å². The molecule has 6 heteroatoms. The molecule has 1 unspecified atom stereocenters. The summed E-state index contributed by atoms with van der Waals surface area (Å²) >= 11 is 25.2. The van der Waals surface area contributed by atoms with Gasteiger partial charge in [-0.15, -0.1) is 35.1 Å². The van der Waals surface area contributed by atoms with Crippen LogP contribution in [0.25, 0.3) is 0 Å². The first-order chi connectivity index (χ1) is 7.53. The first-order valence-corrected chi connectivity index (χ1v) is 9.61. The summed E-state index contributed by atoms with van der Waals surface area (Å²) in [7, 11) is 0. The average Bonchev–Trinajstić information content (AvgIpc) is 2.27. The quantitative estimate of drug-likeness (QED) is 0.413. The molecule has 0 N–H and O–H groups in total. The van der Waals surface area contributed by atoms with E-state index in [1.54, 1.807) is 11.8 Å². The number of hydrogen-bond donors (Lipinski definition) is 0. The van der Waals surface area contributed by atoms with Crippen LogP contribution < -0.4 is 0 Å². The second-order valence-corrected chi connectivity index (χ2v) is 10.4. The van der Waals surface area contributed by atoms with E-state index in [4.69, 9.17) is 34.8 Å². The van der Waals surface area contributed by atoms with Crippen LogP contribution in [-0.4, -0.2) is 24.7 Å². The van der Waals surface area contributed by atoms with Crippen LogP contribution in [0.15, 0.2) is 0 Å². The largest absolute Gasteiger partial charge is 0.209 e. The zero-order chi connectivity index (χ0) is 12.0. The van der Waals surface area contributed by atoms with Crippen molar-refractivity contribution in [1.82, 2.24) is 0 Å². The summed E-state index contributed by atoms with van der Waals surface area (Å²) in [5.74, 6) is 0.777. The maximum absolute atomic E-state index is 6.29. The summed E-state index contributed by atoms with van der Waals surface area (Å²) in [4.78, 5) is 0. The van der Waals surface area contributed by atoms with Gasteiger partial charge in [-0.25, -0.2) is 0 Å². The zero-order valence-corrected chi connectivity index (χ0v) is 14.4. The smallest absolute Gasteiger partial charge is 0.121 e. The molecule has 0 heterocycles. The van der Waals surface area contributed by atoms with Gasteiger partial charge in [0.25, 0.3) is 0 Å². The van der Waals surface area contributed by atoms with Gasteiger partial charge in [0.2, 0.25) is 3.00 Å². The molecule has 0 aromatic carbocycles. The first kappa shape index (κ1) is 16.1.